The second-order valence-electron chi connectivity index (χ2n) is 9.83. The van der Waals surface area contributed by atoms with E-state index in [0.29, 0.717) is 5.57 Å². The Morgan fingerprint density at radius 1 is 1.05 bits per heavy atom. The van der Waals surface area contributed by atoms with E-state index in [1.54, 1.807) is 32.9 Å². The molecule has 214 valence electrons. The number of nitrogens with two attached hydrogens (primary N) is 1. The van der Waals surface area contributed by atoms with Crippen molar-refractivity contribution in [2.24, 2.45) is 17.6 Å². The van der Waals surface area contributed by atoms with E-state index in [1.807, 2.05) is 0 Å². The van der Waals surface area contributed by atoms with Crippen LogP contribution < -0.4 is 11.1 Å². The third-order valence-corrected chi connectivity index (χ3v) is 6.76. The van der Waals surface area contributed by atoms with Crippen molar-refractivity contribution in [1.82, 2.24) is 5.32 Å². The summed E-state index contributed by atoms with van der Waals surface area (Å²) in [6.07, 6.45) is 2.21. The lowest BCUT2D eigenvalue weighted by atomic mass is 9.84. The smallest absolute Gasteiger partial charge is 0.405 e. The number of fused-ring (bicyclic) bond motifs is 2. The Balaban J connectivity index is 2.58. The van der Waals surface area contributed by atoms with Crippen LogP contribution in [0.25, 0.3) is 0 Å². The van der Waals surface area contributed by atoms with Gasteiger partial charge in [0.1, 0.15) is 6.10 Å². The summed E-state index contributed by atoms with van der Waals surface area (Å²) in [5.41, 5.74) is 5.84. The van der Waals surface area contributed by atoms with Gasteiger partial charge in [0.2, 0.25) is 5.78 Å². The molecule has 0 saturated carbocycles. The molecule has 2 amide bonds. The first-order valence-electron chi connectivity index (χ1n) is 12.5. The number of aliphatic hydroxyl groups is 2. The number of methoxy groups -OCH3 is 2. The van der Waals surface area contributed by atoms with Crippen molar-refractivity contribution >= 4 is 23.6 Å². The summed E-state index contributed by atoms with van der Waals surface area (Å²) in [6.45, 7) is 6.59. The summed E-state index contributed by atoms with van der Waals surface area (Å²) < 4.78 is 16.3. The van der Waals surface area contributed by atoms with E-state index in [2.05, 4.69) is 5.32 Å². The molecule has 0 aromatic carbocycles. The van der Waals surface area contributed by atoms with Crippen molar-refractivity contribution in [1.29, 1.82) is 0 Å². The average molecular weight is 547 g/mol. The molecule has 5 N–H and O–H groups in total. The van der Waals surface area contributed by atoms with Crippen LogP contribution in [0.2, 0.25) is 0 Å². The van der Waals surface area contributed by atoms with Gasteiger partial charge in [0.05, 0.1) is 24.0 Å². The number of amides is 2. The molecule has 1 aliphatic carbocycles. The second-order valence-corrected chi connectivity index (χ2v) is 9.83. The van der Waals surface area contributed by atoms with Crippen LogP contribution in [0.3, 0.4) is 0 Å². The van der Waals surface area contributed by atoms with Crippen molar-refractivity contribution in [2.75, 3.05) is 14.2 Å². The largest absolute Gasteiger partial charge is 0.439 e. The number of aliphatic hydroxyl groups excluding tert-OH is 2. The average Bonchev–Trinajstić information content (AvgIpc) is 2.86. The molecule has 0 aromatic heterocycles. The molecule has 0 aromatic rings. The molecule has 0 radical (unpaired) electrons. The number of carbonyl (C=O) groups is 4. The van der Waals surface area contributed by atoms with E-state index in [1.165, 1.54) is 33.3 Å². The van der Waals surface area contributed by atoms with Gasteiger partial charge in [-0.15, -0.1) is 0 Å². The minimum Gasteiger partial charge on any atom is -0.439 e. The number of carbonyl (C=O) groups excluding carboxylic acids is 4. The van der Waals surface area contributed by atoms with Crippen LogP contribution in [0.1, 0.15) is 34.1 Å². The number of primary amides is 1. The maximum Gasteiger partial charge on any atom is 0.405 e. The molecule has 0 saturated heterocycles. The molecule has 0 fully saturated rings. The third kappa shape index (κ3) is 8.30. The molecular weight excluding hydrogens is 508 g/mol. The van der Waals surface area contributed by atoms with E-state index in [0.717, 1.165) is 12.2 Å². The van der Waals surface area contributed by atoms with Crippen molar-refractivity contribution in [2.45, 2.75) is 64.6 Å². The molecule has 11 nitrogen and oxygen atoms in total. The Kier molecular flexibility index (Phi) is 11.5. The summed E-state index contributed by atoms with van der Waals surface area (Å²) in [4.78, 5) is 50.1. The molecular formula is C28H38N2O9. The first-order valence-corrected chi connectivity index (χ1v) is 12.5. The van der Waals surface area contributed by atoms with Crippen molar-refractivity contribution in [3.63, 3.8) is 0 Å². The number of ether oxygens (including phenoxy) is 3. The number of hydrogen-bond donors (Lipinski definition) is 4. The van der Waals surface area contributed by atoms with Crippen LogP contribution in [-0.2, 0) is 28.6 Å². The normalized spacial score (nSPS) is 35.0. The fraction of sp³-hybridized carbons (Fsp3) is 0.500. The van der Waals surface area contributed by atoms with Gasteiger partial charge in [-0.2, -0.15) is 0 Å². The van der Waals surface area contributed by atoms with Gasteiger partial charge in [-0.25, -0.2) is 4.79 Å². The first-order chi connectivity index (χ1) is 18.3. The summed E-state index contributed by atoms with van der Waals surface area (Å²) in [6, 6.07) is 0. The van der Waals surface area contributed by atoms with Crippen molar-refractivity contribution in [3.05, 3.63) is 58.9 Å². The van der Waals surface area contributed by atoms with E-state index in [9.17, 15) is 29.4 Å². The van der Waals surface area contributed by atoms with Gasteiger partial charge < -0.3 is 35.5 Å². The van der Waals surface area contributed by atoms with Crippen molar-refractivity contribution in [3.8, 4) is 0 Å². The van der Waals surface area contributed by atoms with Crippen LogP contribution in [-0.4, -0.2) is 78.5 Å². The van der Waals surface area contributed by atoms with Crippen LogP contribution in [0.15, 0.2) is 58.9 Å². The molecule has 39 heavy (non-hydrogen) atoms. The van der Waals surface area contributed by atoms with Gasteiger partial charge in [-0.05, 0) is 37.8 Å². The highest BCUT2D eigenvalue weighted by atomic mass is 16.6. The lowest BCUT2D eigenvalue weighted by Crippen LogP contribution is -2.39. The molecule has 1 heterocycles. The molecule has 1 unspecified atom stereocenters. The maximum absolute atomic E-state index is 13.2. The van der Waals surface area contributed by atoms with E-state index in [4.69, 9.17) is 19.9 Å². The Bertz CT molecular complexity index is 1120. The summed E-state index contributed by atoms with van der Waals surface area (Å²) in [5.74, 6) is -2.80. The van der Waals surface area contributed by atoms with E-state index in [-0.39, 0.29) is 23.3 Å². The summed E-state index contributed by atoms with van der Waals surface area (Å²) in [5, 5.41) is 24.2. The number of nitrogens with one attached hydrogen (secondary N) is 1. The number of rotatable bonds is 3. The number of ketones is 2. The highest BCUT2D eigenvalue weighted by Gasteiger charge is 2.35. The zero-order valence-corrected chi connectivity index (χ0v) is 23.0. The van der Waals surface area contributed by atoms with E-state index < -0.39 is 65.9 Å². The lowest BCUT2D eigenvalue weighted by molar-refractivity contribution is -0.120. The number of Topliss-reactive ketones (excluding diaryl/α,β-unsaturated/α-hetero) is 1. The molecule has 11 heteroatoms. The predicted molar refractivity (Wildman–Crippen MR) is 142 cm³/mol. The Hall–Kier alpha value is -3.38. The van der Waals surface area contributed by atoms with Crippen molar-refractivity contribution < 1.29 is 43.6 Å². The van der Waals surface area contributed by atoms with Crippen LogP contribution in [0.5, 0.6) is 0 Å². The first kappa shape index (κ1) is 31.8. The van der Waals surface area contributed by atoms with Crippen LogP contribution in [0.4, 0.5) is 4.79 Å². The number of allylic oxidation sites excluding steroid dienone is 5. The highest BCUT2D eigenvalue weighted by Crippen LogP contribution is 2.28. The molecule has 2 bridgehead atoms. The van der Waals surface area contributed by atoms with Crippen LogP contribution in [0, 0.1) is 11.8 Å². The maximum atomic E-state index is 13.2. The minimum absolute atomic E-state index is 0.0214. The molecule has 0 spiro atoms. The van der Waals surface area contributed by atoms with Gasteiger partial charge in [0.15, 0.2) is 11.9 Å². The minimum atomic E-state index is -1.23. The van der Waals surface area contributed by atoms with Gasteiger partial charge >= 0.3 is 6.09 Å². The Labute approximate surface area is 228 Å². The fourth-order valence-corrected chi connectivity index (χ4v) is 4.65. The number of hydrogen-bond acceptors (Lipinski definition) is 9. The SMILES string of the molecule is COC1C2=CC(=O)C=C(NC(=O)/C(C)=C/C=C\[C@H](OC)[C@@H](OC(N)=O)/C(C)=C/[C@H](C)[C@@H](O)[C@@H](O)C[C@@H]1C)C2=O. The highest BCUT2D eigenvalue weighted by molar-refractivity contribution is 6.22. The van der Waals surface area contributed by atoms with Crippen LogP contribution >= 0.6 is 0 Å². The Morgan fingerprint density at radius 3 is 2.31 bits per heavy atom. The predicted octanol–water partition coefficient (Wildman–Crippen LogP) is 1.41. The van der Waals surface area contributed by atoms with Gasteiger partial charge in [-0.1, -0.05) is 38.2 Å². The topological polar surface area (TPSA) is 174 Å². The van der Waals surface area contributed by atoms with E-state index >= 15 is 0 Å². The van der Waals surface area contributed by atoms with Gasteiger partial charge in [0, 0.05) is 37.4 Å². The molecule has 1 aliphatic heterocycles. The third-order valence-electron chi connectivity index (χ3n) is 6.76. The monoisotopic (exact) mass is 546 g/mol. The fourth-order valence-electron chi connectivity index (χ4n) is 4.65. The second kappa shape index (κ2) is 14.1. The quantitative estimate of drug-likeness (QED) is 0.301. The van der Waals surface area contributed by atoms with Gasteiger partial charge in [0.25, 0.3) is 5.91 Å². The zero-order valence-electron chi connectivity index (χ0n) is 23.0. The molecule has 7 atom stereocenters. The Morgan fingerprint density at radius 2 is 1.72 bits per heavy atom. The summed E-state index contributed by atoms with van der Waals surface area (Å²) in [7, 11) is 2.77. The van der Waals surface area contributed by atoms with Gasteiger partial charge in [-0.3, -0.25) is 14.4 Å². The zero-order chi connectivity index (χ0) is 29.4. The molecule has 2 aliphatic rings. The molecule has 2 rings (SSSR count). The standard InChI is InChI=1S/C28H38N2O9/c1-14-8-7-9-22(37-5)26(39-28(29)36)16(3)10-15(2)23(33)21(32)11-17(4)25(38-6)19-12-18(31)13-20(24(19)34)30-27(14)35/h7-10,12-13,15,17,21-23,25-26,32-33H,11H2,1-6H3,(H2,29,36)(H,30,35)/b9-7-,14-8+,16-10+/t15-,17-,21-,22-,23+,25?,26-/m0/s1. The summed E-state index contributed by atoms with van der Waals surface area (Å²) >= 11 is 0. The lowest BCUT2D eigenvalue weighted by Gasteiger charge is -2.30.